The lowest BCUT2D eigenvalue weighted by Gasteiger charge is -2.00. The monoisotopic (exact) mass is 335 g/mol. The molecule has 124 valence electrons. The van der Waals surface area contributed by atoms with Crippen LogP contribution in [0, 0.1) is 0 Å². The standard InChI is InChI=1S/C19H13NO5/c1-23-18(21)12-7-8-15-14(9-12)20-17(25-15)16-13(10-24-19(16)22)11-5-3-2-4-6-11/h2-9H,10H2,1H3. The predicted molar refractivity (Wildman–Crippen MR) is 89.6 cm³/mol. The van der Waals surface area contributed by atoms with Crippen LogP contribution in [0.25, 0.3) is 22.2 Å². The number of esters is 2. The van der Waals surface area contributed by atoms with E-state index in [4.69, 9.17) is 13.9 Å². The first-order valence-electron chi connectivity index (χ1n) is 7.62. The molecule has 4 rings (SSSR count). The lowest BCUT2D eigenvalue weighted by molar-refractivity contribution is -0.133. The van der Waals surface area contributed by atoms with E-state index in [1.807, 2.05) is 30.3 Å². The molecule has 2 aromatic carbocycles. The fourth-order valence-corrected chi connectivity index (χ4v) is 2.77. The Morgan fingerprint density at radius 3 is 2.72 bits per heavy atom. The van der Waals surface area contributed by atoms with Crippen LogP contribution in [0.1, 0.15) is 21.8 Å². The van der Waals surface area contributed by atoms with Crippen LogP contribution in [-0.4, -0.2) is 30.6 Å². The van der Waals surface area contributed by atoms with E-state index in [2.05, 4.69) is 4.98 Å². The second-order valence-electron chi connectivity index (χ2n) is 5.49. The second-order valence-corrected chi connectivity index (χ2v) is 5.49. The number of carbonyl (C=O) groups is 2. The van der Waals surface area contributed by atoms with Crippen molar-refractivity contribution in [3.05, 3.63) is 65.5 Å². The number of rotatable bonds is 3. The van der Waals surface area contributed by atoms with Crippen molar-refractivity contribution in [2.75, 3.05) is 13.7 Å². The van der Waals surface area contributed by atoms with Gasteiger partial charge in [-0.05, 0) is 23.8 Å². The van der Waals surface area contributed by atoms with Gasteiger partial charge in [0.05, 0.1) is 12.7 Å². The maximum atomic E-state index is 12.2. The Balaban J connectivity index is 1.85. The highest BCUT2D eigenvalue weighted by atomic mass is 16.5. The van der Waals surface area contributed by atoms with Crippen molar-refractivity contribution in [2.45, 2.75) is 0 Å². The van der Waals surface area contributed by atoms with E-state index in [0.717, 1.165) is 11.1 Å². The van der Waals surface area contributed by atoms with Gasteiger partial charge in [0, 0.05) is 5.57 Å². The van der Waals surface area contributed by atoms with Gasteiger partial charge in [-0.3, -0.25) is 0 Å². The summed E-state index contributed by atoms with van der Waals surface area (Å²) in [6.07, 6.45) is 0. The fraction of sp³-hybridized carbons (Fsp3) is 0.105. The maximum absolute atomic E-state index is 12.2. The number of nitrogens with zero attached hydrogens (tertiary/aromatic N) is 1. The summed E-state index contributed by atoms with van der Waals surface area (Å²) in [5, 5.41) is 0. The van der Waals surface area contributed by atoms with Gasteiger partial charge in [-0.25, -0.2) is 14.6 Å². The Labute approximate surface area is 142 Å². The highest BCUT2D eigenvalue weighted by molar-refractivity contribution is 6.26. The number of fused-ring (bicyclic) bond motifs is 1. The van der Waals surface area contributed by atoms with Crippen molar-refractivity contribution in [3.63, 3.8) is 0 Å². The minimum atomic E-state index is -0.474. The first-order chi connectivity index (χ1) is 12.2. The van der Waals surface area contributed by atoms with E-state index >= 15 is 0 Å². The van der Waals surface area contributed by atoms with Crippen molar-refractivity contribution < 1.29 is 23.5 Å². The second kappa shape index (κ2) is 5.90. The topological polar surface area (TPSA) is 78.6 Å². The highest BCUT2D eigenvalue weighted by Crippen LogP contribution is 2.34. The van der Waals surface area contributed by atoms with Gasteiger partial charge >= 0.3 is 11.9 Å². The Hall–Kier alpha value is -3.41. The van der Waals surface area contributed by atoms with Crippen LogP contribution in [-0.2, 0) is 14.3 Å². The number of carbonyl (C=O) groups excluding carboxylic acids is 2. The Kier molecular flexibility index (Phi) is 3.57. The third-order valence-corrected chi connectivity index (χ3v) is 4.00. The Morgan fingerprint density at radius 1 is 1.16 bits per heavy atom. The molecule has 0 radical (unpaired) electrons. The molecular weight excluding hydrogens is 322 g/mol. The predicted octanol–water partition coefficient (Wildman–Crippen LogP) is 3.08. The van der Waals surface area contributed by atoms with Crippen LogP contribution in [0.15, 0.2) is 52.9 Å². The van der Waals surface area contributed by atoms with Gasteiger partial charge in [0.1, 0.15) is 17.7 Å². The zero-order valence-electron chi connectivity index (χ0n) is 13.3. The summed E-state index contributed by atoms with van der Waals surface area (Å²) in [7, 11) is 1.31. The van der Waals surface area contributed by atoms with Crippen molar-refractivity contribution >= 4 is 34.2 Å². The third-order valence-electron chi connectivity index (χ3n) is 4.00. The molecule has 0 saturated heterocycles. The number of aromatic nitrogens is 1. The van der Waals surface area contributed by atoms with Crippen LogP contribution in [0.3, 0.4) is 0 Å². The third kappa shape index (κ3) is 2.57. The number of hydrogen-bond acceptors (Lipinski definition) is 6. The molecule has 1 aromatic heterocycles. The molecular formula is C19H13NO5. The SMILES string of the molecule is COC(=O)c1ccc2oc(C3=C(c4ccccc4)COC3=O)nc2c1. The molecule has 0 atom stereocenters. The molecule has 0 N–H and O–H groups in total. The molecule has 0 amide bonds. The molecule has 2 heterocycles. The smallest absolute Gasteiger partial charge is 0.344 e. The minimum Gasteiger partial charge on any atom is -0.465 e. The number of oxazole rings is 1. The zero-order valence-corrected chi connectivity index (χ0v) is 13.3. The molecule has 1 aliphatic rings. The largest absolute Gasteiger partial charge is 0.465 e. The van der Waals surface area contributed by atoms with Gasteiger partial charge in [0.25, 0.3) is 0 Å². The highest BCUT2D eigenvalue weighted by Gasteiger charge is 2.31. The molecule has 0 unspecified atom stereocenters. The van der Waals surface area contributed by atoms with E-state index < -0.39 is 11.9 Å². The molecule has 25 heavy (non-hydrogen) atoms. The van der Waals surface area contributed by atoms with Gasteiger partial charge < -0.3 is 13.9 Å². The molecule has 6 nitrogen and oxygen atoms in total. The van der Waals surface area contributed by atoms with Crippen LogP contribution < -0.4 is 0 Å². The molecule has 3 aromatic rings. The van der Waals surface area contributed by atoms with Gasteiger partial charge in [-0.15, -0.1) is 0 Å². The Bertz CT molecular complexity index is 1020. The number of benzene rings is 2. The minimum absolute atomic E-state index is 0.171. The van der Waals surface area contributed by atoms with Gasteiger partial charge in [-0.2, -0.15) is 0 Å². The molecule has 0 aliphatic carbocycles. The lowest BCUT2D eigenvalue weighted by atomic mass is 10.0. The fourth-order valence-electron chi connectivity index (χ4n) is 2.77. The van der Waals surface area contributed by atoms with E-state index in [0.29, 0.717) is 22.2 Å². The lowest BCUT2D eigenvalue weighted by Crippen LogP contribution is -2.00. The number of cyclic esters (lactones) is 1. The molecule has 1 aliphatic heterocycles. The molecule has 0 saturated carbocycles. The van der Waals surface area contributed by atoms with Crippen LogP contribution in [0.2, 0.25) is 0 Å². The van der Waals surface area contributed by atoms with Crippen LogP contribution in [0.4, 0.5) is 0 Å². The van der Waals surface area contributed by atoms with Crippen LogP contribution >= 0.6 is 0 Å². The quantitative estimate of drug-likeness (QED) is 0.685. The summed E-state index contributed by atoms with van der Waals surface area (Å²) in [6.45, 7) is 0.171. The van der Waals surface area contributed by atoms with Crippen molar-refractivity contribution in [1.29, 1.82) is 0 Å². The van der Waals surface area contributed by atoms with Gasteiger partial charge in [-0.1, -0.05) is 30.3 Å². The van der Waals surface area contributed by atoms with E-state index in [9.17, 15) is 9.59 Å². The van der Waals surface area contributed by atoms with Crippen molar-refractivity contribution in [1.82, 2.24) is 4.98 Å². The summed E-state index contributed by atoms with van der Waals surface area (Å²) in [4.78, 5) is 28.2. The van der Waals surface area contributed by atoms with Crippen LogP contribution in [0.5, 0.6) is 0 Å². The molecule has 0 spiro atoms. The van der Waals surface area contributed by atoms with Gasteiger partial charge in [0.2, 0.25) is 5.89 Å². The average Bonchev–Trinajstić information content (AvgIpc) is 3.23. The van der Waals surface area contributed by atoms with E-state index in [-0.39, 0.29) is 12.5 Å². The summed E-state index contributed by atoms with van der Waals surface area (Å²) in [5.41, 5.74) is 3.22. The zero-order chi connectivity index (χ0) is 17.4. The van der Waals surface area contributed by atoms with Crippen molar-refractivity contribution in [2.24, 2.45) is 0 Å². The molecule has 0 fully saturated rings. The summed E-state index contributed by atoms with van der Waals surface area (Å²) in [5.74, 6) is -0.757. The Morgan fingerprint density at radius 2 is 1.96 bits per heavy atom. The summed E-state index contributed by atoms with van der Waals surface area (Å²) >= 11 is 0. The average molecular weight is 335 g/mol. The number of ether oxygens (including phenoxy) is 2. The summed E-state index contributed by atoms with van der Waals surface area (Å²) < 4.78 is 15.6. The maximum Gasteiger partial charge on any atom is 0.344 e. The van der Waals surface area contributed by atoms with Gasteiger partial charge in [0.15, 0.2) is 5.58 Å². The first kappa shape index (κ1) is 15.1. The normalized spacial score (nSPS) is 14.0. The first-order valence-corrected chi connectivity index (χ1v) is 7.62. The summed E-state index contributed by atoms with van der Waals surface area (Å²) in [6, 6.07) is 14.2. The number of hydrogen-bond donors (Lipinski definition) is 0. The van der Waals surface area contributed by atoms with E-state index in [1.54, 1.807) is 18.2 Å². The number of methoxy groups -OCH3 is 1. The van der Waals surface area contributed by atoms with E-state index in [1.165, 1.54) is 7.11 Å². The molecule has 6 heteroatoms. The van der Waals surface area contributed by atoms with Crippen molar-refractivity contribution in [3.8, 4) is 0 Å². The molecule has 0 bridgehead atoms.